The molecule has 2 unspecified atom stereocenters. The molecule has 100 valence electrons. The molecule has 2 rings (SSSR count). The summed E-state index contributed by atoms with van der Waals surface area (Å²) < 4.78 is 10.5. The van der Waals surface area contributed by atoms with Crippen molar-refractivity contribution in [2.45, 2.75) is 19.9 Å². The minimum atomic E-state index is 0.591. The van der Waals surface area contributed by atoms with Gasteiger partial charge in [0, 0.05) is 6.54 Å². The Balaban J connectivity index is 1.97. The first-order valence-electron chi connectivity index (χ1n) is 6.26. The van der Waals surface area contributed by atoms with Crippen LogP contribution in [0.2, 0.25) is 5.02 Å². The minimum Gasteiger partial charge on any atom is -0.493 e. The molecule has 4 heteroatoms. The van der Waals surface area contributed by atoms with E-state index in [1.807, 2.05) is 12.1 Å². The molecule has 2 atom stereocenters. The summed E-state index contributed by atoms with van der Waals surface area (Å²) in [5, 5.41) is 4.05. The second-order valence-corrected chi connectivity index (χ2v) is 5.32. The zero-order valence-corrected chi connectivity index (χ0v) is 11.9. The summed E-state index contributed by atoms with van der Waals surface area (Å²) in [7, 11) is 3.22. The van der Waals surface area contributed by atoms with Crippen LogP contribution in [0.3, 0.4) is 0 Å². The maximum Gasteiger partial charge on any atom is 0.179 e. The van der Waals surface area contributed by atoms with Crippen LogP contribution in [0.4, 0.5) is 0 Å². The van der Waals surface area contributed by atoms with E-state index in [1.54, 1.807) is 14.2 Å². The monoisotopic (exact) mass is 269 g/mol. The first-order valence-corrected chi connectivity index (χ1v) is 6.64. The number of rotatable bonds is 6. The fourth-order valence-electron chi connectivity index (χ4n) is 2.16. The van der Waals surface area contributed by atoms with Crippen molar-refractivity contribution in [3.05, 3.63) is 22.7 Å². The summed E-state index contributed by atoms with van der Waals surface area (Å²) >= 11 is 6.16. The minimum absolute atomic E-state index is 0.591. The van der Waals surface area contributed by atoms with Crippen molar-refractivity contribution in [1.82, 2.24) is 5.32 Å². The Bertz CT molecular complexity index is 423. The fourth-order valence-corrected chi connectivity index (χ4v) is 2.47. The normalized spacial score (nSPS) is 21.8. The highest BCUT2D eigenvalue weighted by molar-refractivity contribution is 6.32. The fraction of sp³-hybridized carbons (Fsp3) is 0.571. The van der Waals surface area contributed by atoms with Gasteiger partial charge >= 0.3 is 0 Å². The molecule has 1 N–H and O–H groups in total. The van der Waals surface area contributed by atoms with Gasteiger partial charge in [0.05, 0.1) is 19.2 Å². The predicted octanol–water partition coefficient (Wildman–Crippen LogP) is 3.10. The van der Waals surface area contributed by atoms with Crippen LogP contribution in [-0.4, -0.2) is 20.8 Å². The number of benzene rings is 1. The highest BCUT2D eigenvalue weighted by Gasteiger charge is 2.31. The Hall–Kier alpha value is -0.930. The highest BCUT2D eigenvalue weighted by Crippen LogP contribution is 2.37. The van der Waals surface area contributed by atoms with Crippen LogP contribution >= 0.6 is 11.6 Å². The third kappa shape index (κ3) is 3.09. The molecule has 1 aliphatic rings. The molecule has 0 aromatic heterocycles. The van der Waals surface area contributed by atoms with Crippen LogP contribution in [0, 0.1) is 11.8 Å². The maximum absolute atomic E-state index is 6.16. The van der Waals surface area contributed by atoms with Gasteiger partial charge in [-0.05, 0) is 42.5 Å². The van der Waals surface area contributed by atoms with Crippen molar-refractivity contribution in [2.75, 3.05) is 20.8 Å². The molecule has 0 amide bonds. The van der Waals surface area contributed by atoms with Gasteiger partial charge in [0.1, 0.15) is 0 Å². The van der Waals surface area contributed by atoms with Gasteiger partial charge in [-0.1, -0.05) is 18.5 Å². The molecule has 0 spiro atoms. The van der Waals surface area contributed by atoms with Gasteiger partial charge in [0.25, 0.3) is 0 Å². The largest absolute Gasteiger partial charge is 0.493 e. The second kappa shape index (κ2) is 5.81. The van der Waals surface area contributed by atoms with Gasteiger partial charge in [-0.15, -0.1) is 0 Å². The van der Waals surface area contributed by atoms with Crippen LogP contribution < -0.4 is 14.8 Å². The SMILES string of the molecule is COc1cc(CNCC2CC2C)cc(Cl)c1OC. The molecule has 1 saturated carbocycles. The second-order valence-electron chi connectivity index (χ2n) is 4.92. The molecular weight excluding hydrogens is 250 g/mol. The van der Waals surface area contributed by atoms with Crippen molar-refractivity contribution < 1.29 is 9.47 Å². The zero-order chi connectivity index (χ0) is 13.1. The number of ether oxygens (including phenoxy) is 2. The number of methoxy groups -OCH3 is 2. The Kier molecular flexibility index (Phi) is 4.36. The van der Waals surface area contributed by atoms with E-state index in [0.29, 0.717) is 16.5 Å². The van der Waals surface area contributed by atoms with E-state index in [9.17, 15) is 0 Å². The average Bonchev–Trinajstić information content (AvgIpc) is 3.04. The molecule has 3 nitrogen and oxygen atoms in total. The van der Waals surface area contributed by atoms with E-state index in [2.05, 4.69) is 12.2 Å². The smallest absolute Gasteiger partial charge is 0.179 e. The van der Waals surface area contributed by atoms with Crippen molar-refractivity contribution >= 4 is 11.6 Å². The molecule has 1 aliphatic carbocycles. The van der Waals surface area contributed by atoms with Crippen LogP contribution in [0.1, 0.15) is 18.9 Å². The number of hydrogen-bond donors (Lipinski definition) is 1. The highest BCUT2D eigenvalue weighted by atomic mass is 35.5. The van der Waals surface area contributed by atoms with E-state index in [0.717, 1.165) is 30.5 Å². The lowest BCUT2D eigenvalue weighted by Gasteiger charge is -2.12. The first kappa shape index (κ1) is 13.5. The molecule has 0 radical (unpaired) electrons. The topological polar surface area (TPSA) is 30.5 Å². The molecule has 1 aromatic rings. The molecule has 18 heavy (non-hydrogen) atoms. The van der Waals surface area contributed by atoms with Crippen molar-refractivity contribution in [1.29, 1.82) is 0 Å². The van der Waals surface area contributed by atoms with E-state index in [4.69, 9.17) is 21.1 Å². The van der Waals surface area contributed by atoms with Gasteiger partial charge in [0.15, 0.2) is 11.5 Å². The van der Waals surface area contributed by atoms with Crippen LogP contribution in [-0.2, 0) is 6.54 Å². The van der Waals surface area contributed by atoms with E-state index < -0.39 is 0 Å². The van der Waals surface area contributed by atoms with Gasteiger partial charge in [-0.25, -0.2) is 0 Å². The van der Waals surface area contributed by atoms with E-state index >= 15 is 0 Å². The quantitative estimate of drug-likeness (QED) is 0.861. The Morgan fingerprint density at radius 1 is 1.33 bits per heavy atom. The molecular formula is C14H20ClNO2. The third-order valence-corrected chi connectivity index (χ3v) is 3.79. The van der Waals surface area contributed by atoms with E-state index in [1.165, 1.54) is 6.42 Å². The van der Waals surface area contributed by atoms with Crippen LogP contribution in [0.15, 0.2) is 12.1 Å². The summed E-state index contributed by atoms with van der Waals surface area (Å²) in [6.45, 7) is 4.18. The Morgan fingerprint density at radius 2 is 2.06 bits per heavy atom. The third-order valence-electron chi connectivity index (χ3n) is 3.51. The van der Waals surface area contributed by atoms with Gasteiger partial charge in [-0.3, -0.25) is 0 Å². The van der Waals surface area contributed by atoms with Crippen LogP contribution in [0.5, 0.6) is 11.5 Å². The van der Waals surface area contributed by atoms with Gasteiger partial charge in [0.2, 0.25) is 0 Å². The van der Waals surface area contributed by atoms with E-state index in [-0.39, 0.29) is 0 Å². The standard InChI is InChI=1S/C14H20ClNO2/c1-9-4-11(9)8-16-7-10-5-12(15)14(18-3)13(6-10)17-2/h5-6,9,11,16H,4,7-8H2,1-3H3. The summed E-state index contributed by atoms with van der Waals surface area (Å²) in [6, 6.07) is 3.89. The molecule has 1 aromatic carbocycles. The van der Waals surface area contributed by atoms with Gasteiger partial charge < -0.3 is 14.8 Å². The number of nitrogens with one attached hydrogen (secondary N) is 1. The molecule has 1 fully saturated rings. The summed E-state index contributed by atoms with van der Waals surface area (Å²) in [4.78, 5) is 0. The lowest BCUT2D eigenvalue weighted by molar-refractivity contribution is 0.354. The average molecular weight is 270 g/mol. The van der Waals surface area contributed by atoms with Crippen molar-refractivity contribution in [3.63, 3.8) is 0 Å². The zero-order valence-electron chi connectivity index (χ0n) is 11.1. The summed E-state index contributed by atoms with van der Waals surface area (Å²) in [5.41, 5.74) is 1.12. The summed E-state index contributed by atoms with van der Waals surface area (Å²) in [6.07, 6.45) is 1.35. The molecule has 0 bridgehead atoms. The molecule has 0 aliphatic heterocycles. The molecule has 0 heterocycles. The van der Waals surface area contributed by atoms with Crippen molar-refractivity contribution in [2.24, 2.45) is 11.8 Å². The van der Waals surface area contributed by atoms with Crippen LogP contribution in [0.25, 0.3) is 0 Å². The lowest BCUT2D eigenvalue weighted by atomic mass is 10.2. The van der Waals surface area contributed by atoms with Crippen molar-refractivity contribution in [3.8, 4) is 11.5 Å². The first-order chi connectivity index (χ1) is 8.65. The maximum atomic E-state index is 6.16. The summed E-state index contributed by atoms with van der Waals surface area (Å²) in [5.74, 6) is 3.01. The molecule has 0 saturated heterocycles. The number of hydrogen-bond acceptors (Lipinski definition) is 3. The Morgan fingerprint density at radius 3 is 2.61 bits per heavy atom. The number of halogens is 1. The Labute approximate surface area is 113 Å². The predicted molar refractivity (Wildman–Crippen MR) is 73.5 cm³/mol. The lowest BCUT2D eigenvalue weighted by Crippen LogP contribution is -2.16. The van der Waals surface area contributed by atoms with Gasteiger partial charge in [-0.2, -0.15) is 0 Å².